The molecule has 0 aliphatic rings. The number of pyridine rings is 1. The summed E-state index contributed by atoms with van der Waals surface area (Å²) in [6.07, 6.45) is 1.45. The van der Waals surface area contributed by atoms with E-state index in [9.17, 15) is 14.9 Å². The van der Waals surface area contributed by atoms with E-state index >= 15 is 0 Å². The first-order chi connectivity index (χ1) is 9.49. The van der Waals surface area contributed by atoms with E-state index in [4.69, 9.17) is 11.6 Å². The number of carbonyl (C=O) groups is 1. The van der Waals surface area contributed by atoms with Crippen molar-refractivity contribution in [1.29, 1.82) is 0 Å². The zero-order chi connectivity index (χ0) is 14.7. The van der Waals surface area contributed by atoms with Gasteiger partial charge in [0.05, 0.1) is 4.92 Å². The summed E-state index contributed by atoms with van der Waals surface area (Å²) in [6.45, 7) is 0. The lowest BCUT2D eigenvalue weighted by Crippen LogP contribution is -2.15. The fourth-order valence-corrected chi connectivity index (χ4v) is 2.11. The third kappa shape index (κ3) is 3.12. The second-order valence-electron chi connectivity index (χ2n) is 3.71. The van der Waals surface area contributed by atoms with Gasteiger partial charge in [-0.1, -0.05) is 11.6 Å². The van der Waals surface area contributed by atoms with Crippen molar-refractivity contribution in [2.75, 3.05) is 5.32 Å². The van der Waals surface area contributed by atoms with Crippen LogP contribution in [0.5, 0.6) is 0 Å². The average molecular weight is 357 g/mol. The van der Waals surface area contributed by atoms with E-state index in [-0.39, 0.29) is 22.1 Å². The highest BCUT2D eigenvalue weighted by atomic mass is 79.9. The van der Waals surface area contributed by atoms with Gasteiger partial charge in [0.15, 0.2) is 0 Å². The monoisotopic (exact) mass is 355 g/mol. The zero-order valence-electron chi connectivity index (χ0n) is 9.84. The number of amides is 1. The van der Waals surface area contributed by atoms with Gasteiger partial charge < -0.3 is 5.32 Å². The molecule has 8 heteroatoms. The topological polar surface area (TPSA) is 85.1 Å². The second-order valence-corrected chi connectivity index (χ2v) is 5.00. The van der Waals surface area contributed by atoms with E-state index in [1.54, 1.807) is 12.1 Å². The second kappa shape index (κ2) is 5.98. The van der Waals surface area contributed by atoms with Gasteiger partial charge >= 0.3 is 0 Å². The molecule has 1 N–H and O–H groups in total. The van der Waals surface area contributed by atoms with Gasteiger partial charge in [-0.3, -0.25) is 14.9 Å². The van der Waals surface area contributed by atoms with Crippen LogP contribution in [0, 0.1) is 10.1 Å². The Hall–Kier alpha value is -1.99. The van der Waals surface area contributed by atoms with Crippen molar-refractivity contribution in [3.8, 4) is 0 Å². The standard InChI is InChI=1S/C12H7BrClN3O3/c13-8-2-1-5-15-11(8)12(18)16-9-6-7(14)3-4-10(9)17(19)20/h1-6H,(H,16,18). The Morgan fingerprint density at radius 2 is 2.15 bits per heavy atom. The summed E-state index contributed by atoms with van der Waals surface area (Å²) >= 11 is 8.97. The van der Waals surface area contributed by atoms with Crippen LogP contribution in [0.25, 0.3) is 0 Å². The Labute approximate surface area is 127 Å². The Balaban J connectivity index is 2.35. The predicted octanol–water partition coefficient (Wildman–Crippen LogP) is 3.66. The minimum absolute atomic E-state index is 0.0186. The first kappa shape index (κ1) is 14.4. The van der Waals surface area contributed by atoms with Crippen LogP contribution in [0.2, 0.25) is 5.02 Å². The van der Waals surface area contributed by atoms with E-state index in [0.717, 1.165) is 0 Å². The summed E-state index contributed by atoms with van der Waals surface area (Å²) in [5, 5.41) is 13.6. The van der Waals surface area contributed by atoms with Crippen LogP contribution in [0.1, 0.15) is 10.5 Å². The molecule has 1 aromatic carbocycles. The number of nitrogens with zero attached hydrogens (tertiary/aromatic N) is 2. The van der Waals surface area contributed by atoms with Gasteiger partial charge in [-0.2, -0.15) is 0 Å². The van der Waals surface area contributed by atoms with E-state index in [1.165, 1.54) is 24.4 Å². The van der Waals surface area contributed by atoms with Crippen molar-refractivity contribution < 1.29 is 9.72 Å². The Kier molecular flexibility index (Phi) is 4.31. The zero-order valence-corrected chi connectivity index (χ0v) is 12.2. The van der Waals surface area contributed by atoms with Crippen molar-refractivity contribution in [2.24, 2.45) is 0 Å². The molecule has 0 radical (unpaired) electrons. The molecular weight excluding hydrogens is 350 g/mol. The quantitative estimate of drug-likeness (QED) is 0.672. The lowest BCUT2D eigenvalue weighted by Gasteiger charge is -2.07. The van der Waals surface area contributed by atoms with E-state index in [0.29, 0.717) is 4.47 Å². The fraction of sp³-hybridized carbons (Fsp3) is 0. The SMILES string of the molecule is O=C(Nc1cc(Cl)ccc1[N+](=O)[O-])c1ncccc1Br. The molecule has 102 valence electrons. The maximum Gasteiger partial charge on any atom is 0.292 e. The molecule has 1 amide bonds. The van der Waals surface area contributed by atoms with Crippen LogP contribution < -0.4 is 5.32 Å². The number of aromatic nitrogens is 1. The molecule has 0 saturated carbocycles. The number of nitro groups is 1. The number of hydrogen-bond acceptors (Lipinski definition) is 4. The summed E-state index contributed by atoms with van der Waals surface area (Å²) < 4.78 is 0.488. The average Bonchev–Trinajstić information content (AvgIpc) is 2.38. The number of nitro benzene ring substituents is 1. The lowest BCUT2D eigenvalue weighted by molar-refractivity contribution is -0.383. The van der Waals surface area contributed by atoms with Gasteiger partial charge in [0.1, 0.15) is 11.4 Å². The molecule has 20 heavy (non-hydrogen) atoms. The molecule has 0 unspecified atom stereocenters. The van der Waals surface area contributed by atoms with Gasteiger partial charge in [0, 0.05) is 21.8 Å². The third-order valence-electron chi connectivity index (χ3n) is 2.38. The molecule has 0 atom stereocenters. The molecule has 1 aromatic heterocycles. The number of halogens is 2. The molecule has 2 aromatic rings. The smallest absolute Gasteiger partial charge is 0.292 e. The highest BCUT2D eigenvalue weighted by molar-refractivity contribution is 9.10. The largest absolute Gasteiger partial charge is 0.315 e. The molecule has 6 nitrogen and oxygen atoms in total. The third-order valence-corrected chi connectivity index (χ3v) is 3.25. The molecule has 0 aliphatic carbocycles. The molecule has 0 spiro atoms. The highest BCUT2D eigenvalue weighted by Crippen LogP contribution is 2.28. The number of anilines is 1. The van der Waals surface area contributed by atoms with Crippen molar-refractivity contribution in [1.82, 2.24) is 4.98 Å². The summed E-state index contributed by atoms with van der Waals surface area (Å²) in [7, 11) is 0. The van der Waals surface area contributed by atoms with E-state index < -0.39 is 10.8 Å². The summed E-state index contributed by atoms with van der Waals surface area (Å²) in [5.41, 5.74) is -0.0957. The number of rotatable bonds is 3. The summed E-state index contributed by atoms with van der Waals surface area (Å²) in [4.78, 5) is 26.3. The van der Waals surface area contributed by atoms with Gasteiger partial charge in [0.25, 0.3) is 11.6 Å². The molecule has 0 aliphatic heterocycles. The normalized spacial score (nSPS) is 10.1. The Morgan fingerprint density at radius 3 is 2.80 bits per heavy atom. The minimum Gasteiger partial charge on any atom is -0.315 e. The van der Waals surface area contributed by atoms with Crippen LogP contribution in [-0.4, -0.2) is 15.8 Å². The molecule has 2 rings (SSSR count). The van der Waals surface area contributed by atoms with Crippen LogP contribution in [0.15, 0.2) is 41.0 Å². The minimum atomic E-state index is -0.598. The Bertz CT molecular complexity index is 693. The van der Waals surface area contributed by atoms with Crippen LogP contribution in [0.3, 0.4) is 0 Å². The first-order valence-electron chi connectivity index (χ1n) is 5.35. The molecule has 0 fully saturated rings. The molecule has 0 saturated heterocycles. The van der Waals surface area contributed by atoms with Gasteiger partial charge in [-0.05, 0) is 40.2 Å². The van der Waals surface area contributed by atoms with Crippen LogP contribution in [-0.2, 0) is 0 Å². The van der Waals surface area contributed by atoms with Crippen LogP contribution >= 0.6 is 27.5 Å². The van der Waals surface area contributed by atoms with Gasteiger partial charge in [-0.15, -0.1) is 0 Å². The van der Waals surface area contributed by atoms with Crippen molar-refractivity contribution in [3.63, 3.8) is 0 Å². The number of nitrogens with one attached hydrogen (secondary N) is 1. The molecule has 1 heterocycles. The predicted molar refractivity (Wildman–Crippen MR) is 78.0 cm³/mol. The van der Waals surface area contributed by atoms with Crippen LogP contribution in [0.4, 0.5) is 11.4 Å². The molecule has 0 bridgehead atoms. The summed E-state index contributed by atoms with van der Waals surface area (Å²) in [6, 6.07) is 7.23. The van der Waals surface area contributed by atoms with Crippen molar-refractivity contribution in [2.45, 2.75) is 0 Å². The first-order valence-corrected chi connectivity index (χ1v) is 6.52. The van der Waals surface area contributed by atoms with Gasteiger partial charge in [-0.25, -0.2) is 4.98 Å². The van der Waals surface area contributed by atoms with E-state index in [1.807, 2.05) is 0 Å². The maximum absolute atomic E-state index is 12.1. The Morgan fingerprint density at radius 1 is 1.40 bits per heavy atom. The fourth-order valence-electron chi connectivity index (χ4n) is 1.50. The van der Waals surface area contributed by atoms with Crippen molar-refractivity contribution >= 4 is 44.8 Å². The van der Waals surface area contributed by atoms with Gasteiger partial charge in [0.2, 0.25) is 0 Å². The number of hydrogen-bond donors (Lipinski definition) is 1. The van der Waals surface area contributed by atoms with Crippen molar-refractivity contribution in [3.05, 3.63) is 61.8 Å². The van der Waals surface area contributed by atoms with E-state index in [2.05, 4.69) is 26.2 Å². The lowest BCUT2D eigenvalue weighted by atomic mass is 10.2. The maximum atomic E-state index is 12.1. The highest BCUT2D eigenvalue weighted by Gasteiger charge is 2.18. The molecular formula is C12H7BrClN3O3. The number of carbonyl (C=O) groups excluding carboxylic acids is 1. The summed E-state index contributed by atoms with van der Waals surface area (Å²) in [5.74, 6) is -0.567. The number of benzene rings is 1.